The number of benzene rings is 3. The Kier molecular flexibility index (Phi) is 15.4. The third kappa shape index (κ3) is 10.8. The standard InChI is InChI=1S/C64H77N11O11S/c1-39-7-5-6-8-48(39)55-35-71(41(3)44-28-57(81-4)61(66-34-44)72-22-26-84-36-40(72)2)20-21-73(55)46-32-64(33-46)15-18-70(19-16-64)45-9-10-49(52(29-45)74-51-14-25-83-38-58(51)86-63-54(74)27-43-11-17-65-60(43)68-63)62(76)69-87(79,80)47-30-53(75(77)78)59-56(31-47)85-37-50(67-59)42-12-23-82-24-13-42/h5-11,17,27-31,34,40-42,46,50-51,55,58,67H,12-16,18-26,32-33,35-38H2,1-4H3,(H,65,68)(H,69,76)/t40-,41-,50-,51-,55-,58-/m0/s1. The third-order valence-corrected chi connectivity index (χ3v) is 21.5. The lowest BCUT2D eigenvalue weighted by atomic mass is 9.59. The molecule has 0 bridgehead atoms. The number of fused-ring (bicyclic) bond motifs is 4. The first-order chi connectivity index (χ1) is 42.2. The molecule has 10 heterocycles. The van der Waals surface area contributed by atoms with Crippen LogP contribution in [-0.4, -0.2) is 167 Å². The molecule has 1 amide bonds. The maximum absolute atomic E-state index is 15.0. The van der Waals surface area contributed by atoms with Gasteiger partial charge in [-0.1, -0.05) is 24.3 Å². The number of ether oxygens (including phenoxy) is 6. The Morgan fingerprint density at radius 2 is 1.71 bits per heavy atom. The smallest absolute Gasteiger partial charge is 0.297 e. The number of nitro benzene ring substituents is 1. The van der Waals surface area contributed by atoms with Gasteiger partial charge in [0.2, 0.25) is 5.88 Å². The molecule has 0 unspecified atom stereocenters. The molecule has 3 N–H and O–H groups in total. The minimum absolute atomic E-state index is 0.0251. The summed E-state index contributed by atoms with van der Waals surface area (Å²) >= 11 is 0. The van der Waals surface area contributed by atoms with Gasteiger partial charge in [0.25, 0.3) is 21.6 Å². The lowest BCUT2D eigenvalue weighted by Crippen LogP contribution is -2.60. The fourth-order valence-electron chi connectivity index (χ4n) is 15.2. The van der Waals surface area contributed by atoms with Gasteiger partial charge in [0.15, 0.2) is 23.0 Å². The summed E-state index contributed by atoms with van der Waals surface area (Å²) in [5.74, 6) is 1.31. The van der Waals surface area contributed by atoms with E-state index in [2.05, 4.69) is 90.6 Å². The van der Waals surface area contributed by atoms with Crippen molar-refractivity contribution in [3.63, 3.8) is 0 Å². The van der Waals surface area contributed by atoms with E-state index in [1.165, 1.54) is 17.2 Å². The Hall–Kier alpha value is -7.28. The van der Waals surface area contributed by atoms with Gasteiger partial charge in [0, 0.05) is 113 Å². The van der Waals surface area contributed by atoms with E-state index in [0.29, 0.717) is 68.4 Å². The van der Waals surface area contributed by atoms with Crippen LogP contribution < -0.4 is 38.9 Å². The normalized spacial score (nSPS) is 24.8. The summed E-state index contributed by atoms with van der Waals surface area (Å²) in [6.45, 7) is 15.3. The molecule has 3 aromatic heterocycles. The molecule has 7 aliphatic heterocycles. The van der Waals surface area contributed by atoms with Crippen LogP contribution in [0.2, 0.25) is 0 Å². The summed E-state index contributed by atoms with van der Waals surface area (Å²) in [6.07, 6.45) is 9.71. The Bertz CT molecular complexity index is 3700. The number of H-pyrrole nitrogens is 1. The molecule has 8 aliphatic rings. The zero-order chi connectivity index (χ0) is 59.7. The molecule has 5 saturated heterocycles. The molecule has 87 heavy (non-hydrogen) atoms. The van der Waals surface area contributed by atoms with E-state index in [1.807, 2.05) is 36.7 Å². The van der Waals surface area contributed by atoms with Crippen molar-refractivity contribution in [2.45, 2.75) is 113 Å². The van der Waals surface area contributed by atoms with Crippen LogP contribution in [0.4, 0.5) is 34.3 Å². The second-order valence-corrected chi connectivity index (χ2v) is 26.8. The molecule has 14 rings (SSSR count). The highest BCUT2D eigenvalue weighted by atomic mass is 32.2. The molecule has 23 heteroatoms. The van der Waals surface area contributed by atoms with Crippen molar-refractivity contribution in [3.05, 3.63) is 118 Å². The van der Waals surface area contributed by atoms with Crippen molar-refractivity contribution in [2.75, 3.05) is 113 Å². The summed E-state index contributed by atoms with van der Waals surface area (Å²) in [4.78, 5) is 51.8. The molecule has 6 aromatic rings. The van der Waals surface area contributed by atoms with Crippen LogP contribution >= 0.6 is 0 Å². The van der Waals surface area contributed by atoms with Crippen molar-refractivity contribution in [3.8, 4) is 17.4 Å². The number of anilines is 5. The number of piperazine rings is 1. The zero-order valence-electron chi connectivity index (χ0n) is 49.8. The number of aromatic nitrogens is 3. The minimum atomic E-state index is -4.72. The second-order valence-electron chi connectivity index (χ2n) is 25.1. The van der Waals surface area contributed by atoms with Crippen molar-refractivity contribution in [1.29, 1.82) is 0 Å². The van der Waals surface area contributed by atoms with Crippen LogP contribution in [0, 0.1) is 28.4 Å². The van der Waals surface area contributed by atoms with Gasteiger partial charge in [-0.3, -0.25) is 24.7 Å². The number of hydrogen-bond acceptors (Lipinski definition) is 19. The third-order valence-electron chi connectivity index (χ3n) is 20.2. The number of morpholine rings is 1. The number of nitro groups is 1. The molecule has 0 radical (unpaired) electrons. The zero-order valence-corrected chi connectivity index (χ0v) is 50.6. The second kappa shape index (κ2) is 23.3. The van der Waals surface area contributed by atoms with Gasteiger partial charge in [-0.2, -0.15) is 4.98 Å². The van der Waals surface area contributed by atoms with Gasteiger partial charge >= 0.3 is 0 Å². The topological polar surface area (TPSA) is 232 Å². The van der Waals surface area contributed by atoms with E-state index in [-0.39, 0.29) is 71.8 Å². The summed E-state index contributed by atoms with van der Waals surface area (Å²) < 4.78 is 67.2. The average molecular weight is 1210 g/mol. The van der Waals surface area contributed by atoms with Crippen LogP contribution in [-0.2, 0) is 24.2 Å². The van der Waals surface area contributed by atoms with Gasteiger partial charge in [-0.15, -0.1) is 0 Å². The van der Waals surface area contributed by atoms with Crippen LogP contribution in [0.15, 0.2) is 90.1 Å². The average Bonchev–Trinajstić information content (AvgIpc) is 1.55. The fourth-order valence-corrected chi connectivity index (χ4v) is 16.2. The highest BCUT2D eigenvalue weighted by Gasteiger charge is 2.51. The van der Waals surface area contributed by atoms with E-state index < -0.39 is 37.5 Å². The SMILES string of the molecule is COc1cc([C@H](C)N2CCN(C3CC4(CCN(c5ccc(C(=O)NS(=O)(=O)c6cc7c(c([N+](=O)[O-])c6)N[C@H](C6CCOCC6)CO7)c(N6c7cc8cc[nH]c8nc7O[C@H]7COCC[C@@H]76)c5)CC4)C3)[C@H](c3ccccc3C)C2)cnc1N1CCOC[C@@H]1C. The molecule has 1 spiro atoms. The number of amides is 1. The number of nitrogens with one attached hydrogen (secondary N) is 3. The molecule has 6 atom stereocenters. The number of carbonyl (C=O) groups excluding carboxylic acids is 1. The summed E-state index contributed by atoms with van der Waals surface area (Å²) in [6, 6.07) is 23.3. The first-order valence-corrected chi connectivity index (χ1v) is 32.4. The van der Waals surface area contributed by atoms with Crippen molar-refractivity contribution < 1.29 is 46.6 Å². The minimum Gasteiger partial charge on any atom is -0.493 e. The fraction of sp³-hybridized carbons (Fsp3) is 0.516. The largest absolute Gasteiger partial charge is 0.493 e. The number of aryl methyl sites for hydroxylation is 1. The predicted molar refractivity (Wildman–Crippen MR) is 328 cm³/mol. The van der Waals surface area contributed by atoms with Gasteiger partial charge < -0.3 is 53.4 Å². The highest BCUT2D eigenvalue weighted by Crippen LogP contribution is 2.54. The van der Waals surface area contributed by atoms with Crippen molar-refractivity contribution in [1.82, 2.24) is 29.5 Å². The number of methoxy groups -OCH3 is 1. The number of rotatable bonds is 13. The maximum atomic E-state index is 15.0. The van der Waals surface area contributed by atoms with Crippen LogP contribution in [0.25, 0.3) is 11.0 Å². The number of piperidine rings is 1. The van der Waals surface area contributed by atoms with Crippen LogP contribution in [0.1, 0.15) is 97.9 Å². The van der Waals surface area contributed by atoms with E-state index in [4.69, 9.17) is 38.4 Å². The summed E-state index contributed by atoms with van der Waals surface area (Å²) in [7, 11) is -2.99. The predicted octanol–water partition coefficient (Wildman–Crippen LogP) is 8.68. The van der Waals surface area contributed by atoms with E-state index in [1.54, 1.807) is 13.2 Å². The number of nitrogens with zero attached hydrogens (tertiary/aromatic N) is 8. The molecule has 3 aromatic carbocycles. The van der Waals surface area contributed by atoms with Crippen molar-refractivity contribution in [2.24, 2.45) is 11.3 Å². The van der Waals surface area contributed by atoms with Gasteiger partial charge in [-0.05, 0) is 130 Å². The lowest BCUT2D eigenvalue weighted by Gasteiger charge is -2.58. The number of sulfonamides is 1. The highest BCUT2D eigenvalue weighted by molar-refractivity contribution is 7.90. The number of hydrogen-bond donors (Lipinski definition) is 3. The first-order valence-electron chi connectivity index (χ1n) is 30.9. The lowest BCUT2D eigenvalue weighted by molar-refractivity contribution is -0.384. The molecular formula is C64H77N11O11S. The maximum Gasteiger partial charge on any atom is 0.297 e. The molecule has 460 valence electrons. The molecular weight excluding hydrogens is 1130 g/mol. The van der Waals surface area contributed by atoms with Gasteiger partial charge in [-0.25, -0.2) is 18.1 Å². The Morgan fingerprint density at radius 3 is 2.51 bits per heavy atom. The van der Waals surface area contributed by atoms with E-state index in [0.717, 1.165) is 112 Å². The van der Waals surface area contributed by atoms with Crippen LogP contribution in [0.3, 0.4) is 0 Å². The van der Waals surface area contributed by atoms with E-state index in [9.17, 15) is 23.3 Å². The van der Waals surface area contributed by atoms with Gasteiger partial charge in [0.1, 0.15) is 24.0 Å². The number of pyridine rings is 2. The quantitative estimate of drug-likeness (QED) is 0.0725. The molecule has 1 aliphatic carbocycles. The molecule has 1 saturated carbocycles. The Labute approximate surface area is 507 Å². The summed E-state index contributed by atoms with van der Waals surface area (Å²) in [5.41, 5.74) is 6.40. The number of carbonyl (C=O) groups is 1. The molecule has 6 fully saturated rings. The number of aromatic amines is 1. The molecule has 22 nitrogen and oxygen atoms in total. The van der Waals surface area contributed by atoms with Crippen LogP contribution in [0.5, 0.6) is 17.4 Å². The summed E-state index contributed by atoms with van der Waals surface area (Å²) in [5, 5.41) is 16.8. The van der Waals surface area contributed by atoms with E-state index >= 15 is 0 Å². The van der Waals surface area contributed by atoms with Crippen molar-refractivity contribution >= 4 is 61.2 Å². The monoisotopic (exact) mass is 1210 g/mol. The first kappa shape index (κ1) is 57.5. The van der Waals surface area contributed by atoms with Gasteiger partial charge in [0.05, 0.1) is 66.1 Å². The Morgan fingerprint density at radius 1 is 0.908 bits per heavy atom. The Balaban J connectivity index is 0.715.